The SMILES string of the molecule is O[C@H]1CN(Cc2ccccc2)C[C@H](O)[C@H](OCc2ccccc2)[C@H]1OCc1ccccc1. The summed E-state index contributed by atoms with van der Waals surface area (Å²) in [5.74, 6) is 0. The van der Waals surface area contributed by atoms with Gasteiger partial charge in [0.15, 0.2) is 0 Å². The van der Waals surface area contributed by atoms with Gasteiger partial charge in [-0.3, -0.25) is 4.90 Å². The highest BCUT2D eigenvalue weighted by molar-refractivity contribution is 5.16. The Morgan fingerprint density at radius 1 is 0.594 bits per heavy atom. The number of β-amino-alcohol motifs (C(OH)–C–C–N with tert-alkyl or cyclic N) is 2. The Bertz CT molecular complexity index is 865. The zero-order valence-corrected chi connectivity index (χ0v) is 18.2. The highest BCUT2D eigenvalue weighted by Gasteiger charge is 2.40. The summed E-state index contributed by atoms with van der Waals surface area (Å²) in [6.45, 7) is 2.14. The number of benzene rings is 3. The molecule has 3 aromatic rings. The van der Waals surface area contributed by atoms with Crippen molar-refractivity contribution >= 4 is 0 Å². The van der Waals surface area contributed by atoms with E-state index in [2.05, 4.69) is 17.0 Å². The van der Waals surface area contributed by atoms with Crippen molar-refractivity contribution < 1.29 is 19.7 Å². The predicted molar refractivity (Wildman–Crippen MR) is 124 cm³/mol. The molecule has 1 aliphatic rings. The highest BCUT2D eigenvalue weighted by atomic mass is 16.6. The Kier molecular flexibility index (Phi) is 8.04. The van der Waals surface area contributed by atoms with E-state index in [4.69, 9.17) is 9.47 Å². The van der Waals surface area contributed by atoms with Gasteiger partial charge in [0.05, 0.1) is 25.4 Å². The maximum absolute atomic E-state index is 11.1. The molecule has 1 aliphatic heterocycles. The standard InChI is InChI=1S/C27H31NO4/c29-24-17-28(16-21-10-4-1-5-11-21)18-25(30)27(32-20-23-14-8-3-9-15-23)26(24)31-19-22-12-6-2-7-13-22/h1-15,24-27,29-30H,16-20H2/t24-,25-,26-,27-/m0/s1. The maximum atomic E-state index is 11.1. The van der Waals surface area contributed by atoms with Crippen LogP contribution in [0.3, 0.4) is 0 Å². The van der Waals surface area contributed by atoms with E-state index in [0.29, 0.717) is 32.8 Å². The second kappa shape index (κ2) is 11.4. The summed E-state index contributed by atoms with van der Waals surface area (Å²) in [7, 11) is 0. The van der Waals surface area contributed by atoms with Crippen LogP contribution >= 0.6 is 0 Å². The van der Waals surface area contributed by atoms with Crippen molar-refractivity contribution in [2.24, 2.45) is 0 Å². The van der Waals surface area contributed by atoms with E-state index in [1.165, 1.54) is 0 Å². The van der Waals surface area contributed by atoms with Crippen molar-refractivity contribution in [1.29, 1.82) is 0 Å². The molecule has 3 aromatic carbocycles. The number of likely N-dealkylation sites (tertiary alicyclic amines) is 1. The van der Waals surface area contributed by atoms with Gasteiger partial charge < -0.3 is 19.7 Å². The molecular weight excluding hydrogens is 402 g/mol. The molecule has 0 amide bonds. The predicted octanol–water partition coefficient (Wildman–Crippen LogP) is 3.39. The van der Waals surface area contributed by atoms with Crippen molar-refractivity contribution in [1.82, 2.24) is 4.90 Å². The van der Waals surface area contributed by atoms with Crippen molar-refractivity contribution in [3.63, 3.8) is 0 Å². The molecule has 0 saturated carbocycles. The number of nitrogens with zero attached hydrogens (tertiary/aromatic N) is 1. The quantitative estimate of drug-likeness (QED) is 0.570. The number of ether oxygens (including phenoxy) is 2. The van der Waals surface area contributed by atoms with Crippen LogP contribution in [0.4, 0.5) is 0 Å². The number of aliphatic hydroxyl groups is 2. The van der Waals surface area contributed by atoms with Crippen molar-refractivity contribution in [2.75, 3.05) is 13.1 Å². The summed E-state index contributed by atoms with van der Waals surface area (Å²) in [6.07, 6.45) is -2.87. The Balaban J connectivity index is 1.49. The Hall–Kier alpha value is -2.54. The fourth-order valence-corrected chi connectivity index (χ4v) is 4.17. The first-order valence-corrected chi connectivity index (χ1v) is 11.1. The van der Waals surface area contributed by atoms with Crippen molar-refractivity contribution in [2.45, 2.75) is 44.2 Å². The van der Waals surface area contributed by atoms with E-state index in [9.17, 15) is 10.2 Å². The van der Waals surface area contributed by atoms with Gasteiger partial charge in [-0.1, -0.05) is 91.0 Å². The number of rotatable bonds is 8. The van der Waals surface area contributed by atoms with Crippen LogP contribution in [0, 0.1) is 0 Å². The van der Waals surface area contributed by atoms with Crippen LogP contribution < -0.4 is 0 Å². The minimum Gasteiger partial charge on any atom is -0.389 e. The highest BCUT2D eigenvalue weighted by Crippen LogP contribution is 2.23. The van der Waals surface area contributed by atoms with E-state index < -0.39 is 24.4 Å². The monoisotopic (exact) mass is 433 g/mol. The molecule has 2 N–H and O–H groups in total. The molecule has 0 radical (unpaired) electrons. The lowest BCUT2D eigenvalue weighted by Crippen LogP contribution is -2.47. The third-order valence-electron chi connectivity index (χ3n) is 5.79. The largest absolute Gasteiger partial charge is 0.389 e. The summed E-state index contributed by atoms with van der Waals surface area (Å²) in [6, 6.07) is 29.8. The van der Waals surface area contributed by atoms with Crippen LogP contribution in [0.1, 0.15) is 16.7 Å². The Morgan fingerprint density at radius 2 is 0.969 bits per heavy atom. The maximum Gasteiger partial charge on any atom is 0.114 e. The van der Waals surface area contributed by atoms with E-state index in [1.807, 2.05) is 78.9 Å². The van der Waals surface area contributed by atoms with Crippen molar-refractivity contribution in [3.8, 4) is 0 Å². The van der Waals surface area contributed by atoms with Gasteiger partial charge in [-0.05, 0) is 16.7 Å². The fourth-order valence-electron chi connectivity index (χ4n) is 4.17. The molecule has 4 rings (SSSR count). The number of hydrogen-bond acceptors (Lipinski definition) is 5. The van der Waals surface area contributed by atoms with Gasteiger partial charge in [-0.2, -0.15) is 0 Å². The molecule has 4 atom stereocenters. The van der Waals surface area contributed by atoms with Crippen LogP contribution in [0.25, 0.3) is 0 Å². The number of hydrogen-bond donors (Lipinski definition) is 2. The molecule has 32 heavy (non-hydrogen) atoms. The lowest BCUT2D eigenvalue weighted by Gasteiger charge is -2.31. The molecule has 1 heterocycles. The summed E-state index contributed by atoms with van der Waals surface area (Å²) >= 11 is 0. The van der Waals surface area contributed by atoms with E-state index in [-0.39, 0.29) is 0 Å². The molecule has 168 valence electrons. The van der Waals surface area contributed by atoms with E-state index in [0.717, 1.165) is 16.7 Å². The molecule has 0 aromatic heterocycles. The fraction of sp³-hybridized carbons (Fsp3) is 0.333. The molecule has 5 nitrogen and oxygen atoms in total. The molecular formula is C27H31NO4. The lowest BCUT2D eigenvalue weighted by atomic mass is 10.0. The van der Waals surface area contributed by atoms with Gasteiger partial charge in [-0.25, -0.2) is 0 Å². The Labute approximate surface area is 189 Å². The summed E-state index contributed by atoms with van der Waals surface area (Å²) in [4.78, 5) is 2.06. The third kappa shape index (κ3) is 6.25. The zero-order chi connectivity index (χ0) is 22.2. The third-order valence-corrected chi connectivity index (χ3v) is 5.79. The molecule has 0 bridgehead atoms. The van der Waals surface area contributed by atoms with Gasteiger partial charge in [-0.15, -0.1) is 0 Å². The minimum absolute atomic E-state index is 0.346. The Morgan fingerprint density at radius 3 is 1.38 bits per heavy atom. The summed E-state index contributed by atoms with van der Waals surface area (Å²) in [5.41, 5.74) is 3.17. The molecule has 5 heteroatoms. The molecule has 0 unspecified atom stereocenters. The first kappa shape index (κ1) is 22.6. The van der Waals surface area contributed by atoms with Crippen LogP contribution in [0.2, 0.25) is 0 Å². The van der Waals surface area contributed by atoms with Crippen LogP contribution in [0.5, 0.6) is 0 Å². The van der Waals surface area contributed by atoms with Gasteiger partial charge in [0.2, 0.25) is 0 Å². The van der Waals surface area contributed by atoms with Gasteiger partial charge in [0.25, 0.3) is 0 Å². The first-order valence-electron chi connectivity index (χ1n) is 11.1. The number of aliphatic hydroxyl groups excluding tert-OH is 2. The second-order valence-electron chi connectivity index (χ2n) is 8.34. The van der Waals surface area contributed by atoms with Gasteiger partial charge in [0.1, 0.15) is 12.2 Å². The van der Waals surface area contributed by atoms with Crippen LogP contribution in [0.15, 0.2) is 91.0 Å². The van der Waals surface area contributed by atoms with Gasteiger partial charge in [0, 0.05) is 19.6 Å². The molecule has 1 saturated heterocycles. The minimum atomic E-state index is -0.791. The molecule has 0 spiro atoms. The topological polar surface area (TPSA) is 62.2 Å². The van der Waals surface area contributed by atoms with E-state index >= 15 is 0 Å². The van der Waals surface area contributed by atoms with Crippen LogP contribution in [-0.2, 0) is 29.2 Å². The average molecular weight is 434 g/mol. The van der Waals surface area contributed by atoms with Crippen LogP contribution in [-0.4, -0.2) is 52.6 Å². The second-order valence-corrected chi connectivity index (χ2v) is 8.34. The zero-order valence-electron chi connectivity index (χ0n) is 18.2. The normalized spacial score (nSPS) is 24.2. The molecule has 0 aliphatic carbocycles. The first-order chi connectivity index (χ1) is 15.7. The lowest BCUT2D eigenvalue weighted by molar-refractivity contribution is -0.155. The summed E-state index contributed by atoms with van der Waals surface area (Å²) < 4.78 is 12.3. The van der Waals surface area contributed by atoms with E-state index in [1.54, 1.807) is 0 Å². The molecule has 1 fully saturated rings. The van der Waals surface area contributed by atoms with Gasteiger partial charge >= 0.3 is 0 Å². The summed E-state index contributed by atoms with van der Waals surface area (Å²) in [5, 5.41) is 22.2. The van der Waals surface area contributed by atoms with Crippen molar-refractivity contribution in [3.05, 3.63) is 108 Å². The smallest absolute Gasteiger partial charge is 0.114 e. The average Bonchev–Trinajstić information content (AvgIpc) is 2.93.